The van der Waals surface area contributed by atoms with Crippen LogP contribution in [-0.4, -0.2) is 69.4 Å². The Bertz CT molecular complexity index is 13.5. The zero-order chi connectivity index (χ0) is 0. The predicted molar refractivity (Wildman–Crippen MR) is 26.9 cm³/mol. The van der Waals surface area contributed by atoms with Gasteiger partial charge in [0, 0.05) is 17.1 Å². The van der Waals surface area contributed by atoms with Gasteiger partial charge in [-0.25, -0.2) is 0 Å². The van der Waals surface area contributed by atoms with Crippen LogP contribution in [0.4, 0.5) is 0 Å². The fourth-order valence-electron chi connectivity index (χ4n) is 0. The molecule has 0 spiro atoms. The van der Waals surface area contributed by atoms with Crippen molar-refractivity contribution in [1.29, 1.82) is 0 Å². The molecule has 0 aliphatic rings. The quantitative estimate of drug-likeness (QED) is 0.506. The molecule has 0 amide bonds. The van der Waals surface area contributed by atoms with Crippen LogP contribution in [0.25, 0.3) is 0 Å². The molecule has 0 saturated carbocycles. The zero-order valence-electron chi connectivity index (χ0n) is 4.29. The van der Waals surface area contributed by atoms with Crippen molar-refractivity contribution in [2.24, 2.45) is 0 Å². The second-order valence-corrected chi connectivity index (χ2v) is 0. The van der Waals surface area contributed by atoms with E-state index in [9.17, 15) is 0 Å². The van der Waals surface area contributed by atoms with Crippen LogP contribution < -0.4 is 0 Å². The fraction of sp³-hybridized carbons (Fsp3) is 0. The average Bonchev–Trinajstić information content (AvgIpc) is 0. The van der Waals surface area contributed by atoms with E-state index in [0.717, 1.165) is 0 Å². The summed E-state index contributed by atoms with van der Waals surface area (Å²) < 4.78 is 0. The molecule has 4 heteroatoms. The van der Waals surface area contributed by atoms with Crippen LogP contribution >= 0.6 is 13.5 Å². The smallest absolute Gasteiger partial charge is 2.00 e. The number of hydrogen-bond donors (Lipinski definition) is 0. The summed E-state index contributed by atoms with van der Waals surface area (Å²) in [7, 11) is 0. The monoisotopic (exact) mass is 301 g/mol. The van der Waals surface area contributed by atoms with E-state index in [1.54, 1.807) is 0 Å². The van der Waals surface area contributed by atoms with Crippen molar-refractivity contribution >= 4 is 82.9 Å². The summed E-state index contributed by atoms with van der Waals surface area (Å²) in [6, 6.07) is 0. The van der Waals surface area contributed by atoms with Gasteiger partial charge in [0.15, 0.2) is 0 Å². The molecule has 0 heterocycles. The van der Waals surface area contributed by atoms with Gasteiger partial charge >= 0.3 is 69.4 Å². The molecule has 0 aromatic rings. The van der Waals surface area contributed by atoms with Crippen molar-refractivity contribution in [2.75, 3.05) is 0 Å². The maximum Gasteiger partial charge on any atom is 2.00 e. The molecule has 0 bridgehead atoms. The van der Waals surface area contributed by atoms with Crippen LogP contribution in [-0.2, 0) is 17.1 Å². The Hall–Kier alpha value is 3.15. The van der Waals surface area contributed by atoms with Gasteiger partial charge in [0.25, 0.3) is 0 Å². The molecular formula is H6MnSSnSr. The Labute approximate surface area is 101 Å². The summed E-state index contributed by atoms with van der Waals surface area (Å²) in [6.45, 7) is 0. The van der Waals surface area contributed by atoms with Gasteiger partial charge in [0.05, 0.1) is 0 Å². The third-order valence-corrected chi connectivity index (χ3v) is 0. The van der Waals surface area contributed by atoms with Crippen molar-refractivity contribution in [1.82, 2.24) is 0 Å². The van der Waals surface area contributed by atoms with Crippen LogP contribution in [0.3, 0.4) is 0 Å². The van der Waals surface area contributed by atoms with Gasteiger partial charge < -0.3 is 2.85 Å². The Morgan fingerprint density at radius 3 is 1.25 bits per heavy atom. The van der Waals surface area contributed by atoms with Crippen LogP contribution in [0.1, 0.15) is 2.85 Å². The van der Waals surface area contributed by atoms with Crippen LogP contribution in [0.15, 0.2) is 0 Å². The van der Waals surface area contributed by atoms with Gasteiger partial charge in [-0.3, -0.25) is 0 Å². The Morgan fingerprint density at radius 1 is 1.25 bits per heavy atom. The SMILES string of the molecule is S.[H-].[H-].[Mn].[SnH2].[Sr+2]. The molecule has 0 atom stereocenters. The summed E-state index contributed by atoms with van der Waals surface area (Å²) in [5.74, 6) is 0. The van der Waals surface area contributed by atoms with Crippen LogP contribution in [0.5, 0.6) is 0 Å². The van der Waals surface area contributed by atoms with Gasteiger partial charge in [-0.2, -0.15) is 13.5 Å². The first-order valence-corrected chi connectivity index (χ1v) is 0. The standard InChI is InChI=1S/Mn.H2S.Sn.Sr.4H/h;1H2;;;;;;/q;;;+2;;;2*-1. The van der Waals surface area contributed by atoms with Crippen LogP contribution in [0.2, 0.25) is 0 Å². The molecule has 0 rings (SSSR count). The molecule has 0 fully saturated rings. The number of rotatable bonds is 0. The van der Waals surface area contributed by atoms with Gasteiger partial charge in [0.1, 0.15) is 0 Å². The molecule has 0 N–H and O–H groups in total. The van der Waals surface area contributed by atoms with Gasteiger partial charge in [-0.15, -0.1) is 0 Å². The third kappa shape index (κ3) is 8.94. The summed E-state index contributed by atoms with van der Waals surface area (Å²) >= 11 is 0. The maximum atomic E-state index is 0. The van der Waals surface area contributed by atoms with E-state index in [-0.39, 0.29) is 103 Å². The van der Waals surface area contributed by atoms with E-state index >= 15 is 0 Å². The van der Waals surface area contributed by atoms with Crippen molar-refractivity contribution in [3.05, 3.63) is 0 Å². The summed E-state index contributed by atoms with van der Waals surface area (Å²) in [4.78, 5) is 0. The minimum Gasteiger partial charge on any atom is 2.00 e. The summed E-state index contributed by atoms with van der Waals surface area (Å²) in [6.07, 6.45) is 0. The van der Waals surface area contributed by atoms with Crippen molar-refractivity contribution in [3.8, 4) is 0 Å². The van der Waals surface area contributed by atoms with E-state index < -0.39 is 0 Å². The average molecular weight is 299 g/mol. The molecule has 0 aliphatic heterocycles. The van der Waals surface area contributed by atoms with Gasteiger partial charge in [0.2, 0.25) is 0 Å². The maximum absolute atomic E-state index is 0. The van der Waals surface area contributed by atoms with Crippen molar-refractivity contribution in [2.45, 2.75) is 0 Å². The third-order valence-electron chi connectivity index (χ3n) is 0. The largest absolute Gasteiger partial charge is 2.00 e. The normalized spacial score (nSPS) is 0. The van der Waals surface area contributed by atoms with E-state index in [1.807, 2.05) is 0 Å². The minimum absolute atomic E-state index is 0. The summed E-state index contributed by atoms with van der Waals surface area (Å²) in [5, 5.41) is 0. The molecular weight excluding hydrogens is 293 g/mol. The van der Waals surface area contributed by atoms with E-state index in [0.29, 0.717) is 0 Å². The first-order valence-electron chi connectivity index (χ1n) is 0. The molecule has 0 aromatic heterocycles. The minimum atomic E-state index is 0. The Morgan fingerprint density at radius 2 is 1.25 bits per heavy atom. The molecule has 0 nitrogen and oxygen atoms in total. The molecule has 0 aliphatic carbocycles. The van der Waals surface area contributed by atoms with E-state index in [4.69, 9.17) is 0 Å². The first kappa shape index (κ1) is 27.3. The molecule has 25 valence electrons. The Balaban J connectivity index is 0. The van der Waals surface area contributed by atoms with E-state index in [1.165, 1.54) is 0 Å². The number of hydrogen-bond acceptors (Lipinski definition) is 0. The Kier molecular flexibility index (Phi) is 112. The summed E-state index contributed by atoms with van der Waals surface area (Å²) in [5.41, 5.74) is 0. The van der Waals surface area contributed by atoms with Gasteiger partial charge in [-0.1, -0.05) is 0 Å². The molecule has 0 aromatic carbocycles. The predicted octanol–water partition coefficient (Wildman–Crippen LogP) is -0.962. The van der Waals surface area contributed by atoms with Crippen LogP contribution in [0, 0.1) is 0 Å². The molecule has 0 saturated heterocycles. The van der Waals surface area contributed by atoms with Gasteiger partial charge in [-0.05, 0) is 0 Å². The second-order valence-electron chi connectivity index (χ2n) is 0. The molecule has 4 heavy (non-hydrogen) atoms. The molecule has 3 radical (unpaired) electrons. The second kappa shape index (κ2) is 16.4. The topological polar surface area (TPSA) is 0 Å². The molecule has 0 unspecified atom stereocenters. The van der Waals surface area contributed by atoms with Crippen molar-refractivity contribution < 1.29 is 19.9 Å². The fourth-order valence-corrected chi connectivity index (χ4v) is 0. The zero-order valence-corrected chi connectivity index (χ0v) is 12.0. The van der Waals surface area contributed by atoms with E-state index in [2.05, 4.69) is 0 Å². The van der Waals surface area contributed by atoms with Crippen molar-refractivity contribution in [3.63, 3.8) is 0 Å². The first-order chi connectivity index (χ1) is 0.